The van der Waals surface area contributed by atoms with Crippen molar-refractivity contribution in [2.75, 3.05) is 19.6 Å². The van der Waals surface area contributed by atoms with Crippen LogP contribution in [0.25, 0.3) is 0 Å². The maximum absolute atomic E-state index is 9.55. The molecule has 0 bridgehead atoms. The second-order valence-electron chi connectivity index (χ2n) is 5.58. The quantitative estimate of drug-likeness (QED) is 0.840. The fraction of sp³-hybridized carbons (Fsp3) is 0.600. The lowest BCUT2D eigenvalue weighted by molar-refractivity contribution is 0.168. The second kappa shape index (κ2) is 4.79. The monoisotopic (exact) mass is 231 g/mol. The summed E-state index contributed by atoms with van der Waals surface area (Å²) >= 11 is 0. The third kappa shape index (κ3) is 2.53. The molecule has 0 aromatic heterocycles. The number of fused-ring (bicyclic) bond motifs is 1. The van der Waals surface area contributed by atoms with E-state index in [1.807, 2.05) is 0 Å². The van der Waals surface area contributed by atoms with E-state index >= 15 is 0 Å². The van der Waals surface area contributed by atoms with Gasteiger partial charge in [0.05, 0.1) is 6.10 Å². The zero-order chi connectivity index (χ0) is 11.7. The van der Waals surface area contributed by atoms with Crippen LogP contribution in [0.4, 0.5) is 0 Å². The molecule has 2 atom stereocenters. The highest BCUT2D eigenvalue weighted by molar-refractivity contribution is 5.29. The van der Waals surface area contributed by atoms with Crippen LogP contribution in [0.1, 0.15) is 24.0 Å². The van der Waals surface area contributed by atoms with Crippen molar-refractivity contribution in [1.29, 1.82) is 0 Å². The summed E-state index contributed by atoms with van der Waals surface area (Å²) in [6.45, 7) is 3.14. The molecular weight excluding hydrogens is 210 g/mol. The summed E-state index contributed by atoms with van der Waals surface area (Å²) in [5.74, 6) is 0.787. The standard InChI is InChI=1S/C15H21NO/c17-15-7-8-16(11-15)10-12-5-6-13-3-1-2-4-14(13)9-12/h1-4,12,15,17H,5-11H2. The minimum absolute atomic E-state index is 0.0779. The first-order valence-electron chi connectivity index (χ1n) is 6.78. The number of nitrogens with zero attached hydrogens (tertiary/aromatic N) is 1. The third-order valence-electron chi connectivity index (χ3n) is 4.21. The van der Waals surface area contributed by atoms with E-state index in [1.54, 1.807) is 11.1 Å². The minimum atomic E-state index is -0.0779. The first kappa shape index (κ1) is 11.2. The van der Waals surface area contributed by atoms with Gasteiger partial charge in [0.1, 0.15) is 0 Å². The van der Waals surface area contributed by atoms with Crippen LogP contribution in [0.2, 0.25) is 0 Å². The van der Waals surface area contributed by atoms with E-state index in [-0.39, 0.29) is 6.10 Å². The fourth-order valence-corrected chi connectivity index (χ4v) is 3.27. The zero-order valence-electron chi connectivity index (χ0n) is 10.3. The lowest BCUT2D eigenvalue weighted by Gasteiger charge is -2.28. The number of likely N-dealkylation sites (tertiary alicyclic amines) is 1. The highest BCUT2D eigenvalue weighted by Gasteiger charge is 2.25. The molecule has 2 aliphatic rings. The van der Waals surface area contributed by atoms with Crippen LogP contribution in [0.5, 0.6) is 0 Å². The van der Waals surface area contributed by atoms with Gasteiger partial charge in [-0.25, -0.2) is 0 Å². The van der Waals surface area contributed by atoms with Gasteiger partial charge in [0.2, 0.25) is 0 Å². The zero-order valence-corrected chi connectivity index (χ0v) is 10.3. The summed E-state index contributed by atoms with van der Waals surface area (Å²) < 4.78 is 0. The molecule has 1 heterocycles. The van der Waals surface area contributed by atoms with Crippen LogP contribution in [-0.2, 0) is 12.8 Å². The number of benzene rings is 1. The molecule has 1 saturated heterocycles. The van der Waals surface area contributed by atoms with Crippen LogP contribution >= 0.6 is 0 Å². The molecule has 0 radical (unpaired) electrons. The summed E-state index contributed by atoms with van der Waals surface area (Å²) in [6.07, 6.45) is 4.65. The number of aliphatic hydroxyl groups excluding tert-OH is 1. The average Bonchev–Trinajstić information content (AvgIpc) is 2.75. The normalized spacial score (nSPS) is 29.2. The van der Waals surface area contributed by atoms with E-state index in [9.17, 15) is 5.11 Å². The van der Waals surface area contributed by atoms with Crippen molar-refractivity contribution < 1.29 is 5.11 Å². The molecule has 2 heteroatoms. The number of aryl methyl sites for hydroxylation is 1. The maximum Gasteiger partial charge on any atom is 0.0679 e. The molecular formula is C15H21NO. The van der Waals surface area contributed by atoms with E-state index in [1.165, 1.54) is 25.8 Å². The fourth-order valence-electron chi connectivity index (χ4n) is 3.27. The van der Waals surface area contributed by atoms with Crippen molar-refractivity contribution in [3.63, 3.8) is 0 Å². The van der Waals surface area contributed by atoms with Crippen molar-refractivity contribution >= 4 is 0 Å². The minimum Gasteiger partial charge on any atom is -0.392 e. The van der Waals surface area contributed by atoms with Crippen LogP contribution in [-0.4, -0.2) is 35.7 Å². The number of hydrogen-bond acceptors (Lipinski definition) is 2. The second-order valence-corrected chi connectivity index (χ2v) is 5.58. The van der Waals surface area contributed by atoms with Gasteiger partial charge >= 0.3 is 0 Å². The van der Waals surface area contributed by atoms with Crippen LogP contribution in [0.15, 0.2) is 24.3 Å². The van der Waals surface area contributed by atoms with Crippen LogP contribution in [0.3, 0.4) is 0 Å². The largest absolute Gasteiger partial charge is 0.392 e. The molecule has 3 rings (SSSR count). The Morgan fingerprint density at radius 3 is 2.76 bits per heavy atom. The Hall–Kier alpha value is -0.860. The molecule has 92 valence electrons. The summed E-state index contributed by atoms with van der Waals surface area (Å²) in [6, 6.07) is 8.85. The van der Waals surface area contributed by atoms with Gasteiger partial charge in [0.25, 0.3) is 0 Å². The Morgan fingerprint density at radius 1 is 1.18 bits per heavy atom. The van der Waals surface area contributed by atoms with E-state index in [0.717, 1.165) is 25.4 Å². The van der Waals surface area contributed by atoms with Crippen molar-refractivity contribution in [3.05, 3.63) is 35.4 Å². The van der Waals surface area contributed by atoms with Gasteiger partial charge in [0, 0.05) is 19.6 Å². The number of aliphatic hydroxyl groups is 1. The maximum atomic E-state index is 9.55. The summed E-state index contributed by atoms with van der Waals surface area (Å²) in [4.78, 5) is 2.43. The highest BCUT2D eigenvalue weighted by Crippen LogP contribution is 2.26. The predicted octanol–water partition coefficient (Wildman–Crippen LogP) is 1.86. The number of β-amino-alcohol motifs (C(OH)–C–C–N with tert-alkyl or cyclic N) is 1. The van der Waals surface area contributed by atoms with Gasteiger partial charge in [-0.2, -0.15) is 0 Å². The van der Waals surface area contributed by atoms with Crippen molar-refractivity contribution in [1.82, 2.24) is 4.90 Å². The third-order valence-corrected chi connectivity index (χ3v) is 4.21. The molecule has 1 aliphatic carbocycles. The Balaban J connectivity index is 1.61. The Labute approximate surface area is 103 Å². The van der Waals surface area contributed by atoms with Crippen LogP contribution in [0, 0.1) is 5.92 Å². The molecule has 1 aromatic carbocycles. The summed E-state index contributed by atoms with van der Waals surface area (Å²) in [5.41, 5.74) is 3.09. The highest BCUT2D eigenvalue weighted by atomic mass is 16.3. The molecule has 1 aromatic rings. The number of hydrogen-bond donors (Lipinski definition) is 1. The molecule has 1 fully saturated rings. The van der Waals surface area contributed by atoms with Crippen molar-refractivity contribution in [2.24, 2.45) is 5.92 Å². The van der Waals surface area contributed by atoms with Gasteiger partial charge < -0.3 is 10.0 Å². The molecule has 0 spiro atoms. The van der Waals surface area contributed by atoms with E-state index in [4.69, 9.17) is 0 Å². The first-order chi connectivity index (χ1) is 8.31. The Bertz CT molecular complexity index is 390. The number of rotatable bonds is 2. The SMILES string of the molecule is OC1CCN(CC2CCc3ccccc3C2)C1. The molecule has 2 unspecified atom stereocenters. The lowest BCUT2D eigenvalue weighted by Crippen LogP contribution is -2.31. The summed E-state index contributed by atoms with van der Waals surface area (Å²) in [5, 5.41) is 9.55. The Morgan fingerprint density at radius 2 is 2.00 bits per heavy atom. The Kier molecular flexibility index (Phi) is 3.17. The molecule has 0 amide bonds. The van der Waals surface area contributed by atoms with Gasteiger partial charge in [-0.3, -0.25) is 0 Å². The summed E-state index contributed by atoms with van der Waals surface area (Å²) in [7, 11) is 0. The molecule has 1 N–H and O–H groups in total. The van der Waals surface area contributed by atoms with Gasteiger partial charge in [-0.15, -0.1) is 0 Å². The average molecular weight is 231 g/mol. The van der Waals surface area contributed by atoms with Crippen LogP contribution < -0.4 is 0 Å². The van der Waals surface area contributed by atoms with Crippen molar-refractivity contribution in [3.8, 4) is 0 Å². The van der Waals surface area contributed by atoms with E-state index in [2.05, 4.69) is 29.2 Å². The molecule has 17 heavy (non-hydrogen) atoms. The van der Waals surface area contributed by atoms with Crippen molar-refractivity contribution in [2.45, 2.75) is 31.8 Å². The molecule has 2 nitrogen and oxygen atoms in total. The molecule has 0 saturated carbocycles. The lowest BCUT2D eigenvalue weighted by atomic mass is 9.84. The smallest absolute Gasteiger partial charge is 0.0679 e. The van der Waals surface area contributed by atoms with Gasteiger partial charge in [-0.1, -0.05) is 24.3 Å². The molecule has 1 aliphatic heterocycles. The van der Waals surface area contributed by atoms with E-state index in [0.29, 0.717) is 0 Å². The topological polar surface area (TPSA) is 23.5 Å². The van der Waals surface area contributed by atoms with E-state index < -0.39 is 0 Å². The first-order valence-corrected chi connectivity index (χ1v) is 6.78. The predicted molar refractivity (Wildman–Crippen MR) is 69.0 cm³/mol. The van der Waals surface area contributed by atoms with Gasteiger partial charge in [0.15, 0.2) is 0 Å². The van der Waals surface area contributed by atoms with Gasteiger partial charge in [-0.05, 0) is 42.7 Å².